The molecule has 2 aromatic carbocycles. The van der Waals surface area contributed by atoms with E-state index in [1.165, 1.54) is 30.8 Å². The summed E-state index contributed by atoms with van der Waals surface area (Å²) in [6.45, 7) is 4.06. The van der Waals surface area contributed by atoms with Crippen LogP contribution in [0.25, 0.3) is 0 Å². The van der Waals surface area contributed by atoms with Gasteiger partial charge in [-0.25, -0.2) is 0 Å². The van der Waals surface area contributed by atoms with E-state index in [2.05, 4.69) is 17.0 Å². The second-order valence-electron chi connectivity index (χ2n) is 13.0. The molecule has 5 aliphatic rings. The van der Waals surface area contributed by atoms with Crippen LogP contribution in [-0.4, -0.2) is 71.6 Å². The molecule has 0 aromatic heterocycles. The zero-order valence-electron chi connectivity index (χ0n) is 26.3. The van der Waals surface area contributed by atoms with Gasteiger partial charge in [0.2, 0.25) is 17.6 Å². The number of imide groups is 1. The van der Waals surface area contributed by atoms with Gasteiger partial charge in [-0.3, -0.25) is 29.0 Å². The lowest BCUT2D eigenvalue weighted by molar-refractivity contribution is -0.144. The maximum Gasteiger partial charge on any atom is 0.233 e. The van der Waals surface area contributed by atoms with Crippen molar-refractivity contribution in [1.29, 1.82) is 0 Å². The molecule has 46 heavy (non-hydrogen) atoms. The minimum atomic E-state index is -0.656. The Labute approximate surface area is 268 Å². The topological polar surface area (TPSA) is 113 Å². The number of likely N-dealkylation sites (tertiary alicyclic amines) is 2. The summed E-state index contributed by atoms with van der Waals surface area (Å²) in [4.78, 5) is 59.4. The van der Waals surface area contributed by atoms with Gasteiger partial charge in [0.25, 0.3) is 0 Å². The lowest BCUT2D eigenvalue weighted by atomic mass is 9.59. The molecule has 0 radical (unpaired) electrons. The van der Waals surface area contributed by atoms with Gasteiger partial charge in [-0.05, 0) is 67.9 Å². The third-order valence-electron chi connectivity index (χ3n) is 10.6. The maximum absolute atomic E-state index is 14.3. The molecular weight excluding hydrogens is 584 g/mol. The number of phenols is 1. The molecule has 0 saturated carbocycles. The van der Waals surface area contributed by atoms with Gasteiger partial charge in [-0.2, -0.15) is 0 Å². The highest BCUT2D eigenvalue weighted by Crippen LogP contribution is 2.56. The van der Waals surface area contributed by atoms with Gasteiger partial charge in [-0.15, -0.1) is 0 Å². The van der Waals surface area contributed by atoms with E-state index in [0.717, 1.165) is 38.0 Å². The van der Waals surface area contributed by atoms with Crippen molar-refractivity contribution in [2.24, 2.45) is 17.8 Å². The number of methoxy groups -OCH3 is 2. The molecule has 2 aliphatic heterocycles. The van der Waals surface area contributed by atoms with E-state index in [1.807, 2.05) is 24.3 Å². The van der Waals surface area contributed by atoms with Crippen LogP contribution < -0.4 is 9.47 Å². The summed E-state index contributed by atoms with van der Waals surface area (Å²) in [5.74, 6) is -2.76. The predicted molar refractivity (Wildman–Crippen MR) is 169 cm³/mol. The van der Waals surface area contributed by atoms with Crippen LogP contribution in [0.2, 0.25) is 0 Å². The number of Topliss-reactive ketones (excluding diaryl/α,β-unsaturated/α-hetero) is 1. The minimum Gasteiger partial charge on any atom is -0.502 e. The molecule has 0 spiro atoms. The number of hydrogen-bond donors (Lipinski definition) is 1. The van der Waals surface area contributed by atoms with Crippen LogP contribution in [-0.2, 0) is 25.7 Å². The molecular formula is C37H38N2O7. The van der Waals surface area contributed by atoms with Crippen LogP contribution in [0.1, 0.15) is 49.7 Å². The van der Waals surface area contributed by atoms with Crippen LogP contribution in [0.3, 0.4) is 0 Å². The molecule has 0 unspecified atom stereocenters. The Kier molecular flexibility index (Phi) is 7.67. The predicted octanol–water partition coefficient (Wildman–Crippen LogP) is 4.50. The molecule has 0 bridgehead atoms. The Morgan fingerprint density at radius 2 is 1.59 bits per heavy atom. The molecule has 2 heterocycles. The van der Waals surface area contributed by atoms with Crippen molar-refractivity contribution < 1.29 is 33.8 Å². The number of aromatic hydroxyl groups is 1. The Morgan fingerprint density at radius 1 is 0.913 bits per heavy atom. The summed E-state index contributed by atoms with van der Waals surface area (Å²) in [5.41, 5.74) is 3.85. The number of piperidine rings is 1. The quantitative estimate of drug-likeness (QED) is 0.285. The number of rotatable bonds is 6. The van der Waals surface area contributed by atoms with Gasteiger partial charge in [0, 0.05) is 48.3 Å². The summed E-state index contributed by atoms with van der Waals surface area (Å²) < 4.78 is 10.9. The molecule has 4 atom stereocenters. The second-order valence-corrected chi connectivity index (χ2v) is 13.0. The zero-order valence-corrected chi connectivity index (χ0v) is 26.3. The van der Waals surface area contributed by atoms with Crippen molar-refractivity contribution in [2.75, 3.05) is 27.3 Å². The fourth-order valence-corrected chi connectivity index (χ4v) is 8.38. The fraction of sp³-hybridized carbons (Fsp3) is 0.405. The summed E-state index contributed by atoms with van der Waals surface area (Å²) in [5, 5.41) is 10.6. The first-order valence-corrected chi connectivity index (χ1v) is 16.0. The van der Waals surface area contributed by atoms with Crippen LogP contribution in [0.15, 0.2) is 76.9 Å². The number of ether oxygens (including phenoxy) is 2. The molecule has 3 aliphatic carbocycles. The molecule has 238 valence electrons. The van der Waals surface area contributed by atoms with Crippen LogP contribution in [0.4, 0.5) is 0 Å². The van der Waals surface area contributed by atoms with Gasteiger partial charge in [0.15, 0.2) is 23.1 Å². The first-order valence-electron chi connectivity index (χ1n) is 16.0. The van der Waals surface area contributed by atoms with E-state index in [9.17, 15) is 24.3 Å². The SMILES string of the molecule is COc1cc([C@H]2C3=CC[C@@H]4C(=O)N(C5CCN(Cc6ccccc6)CC5)C(=O)[C@@H]4[C@@H]3CC3=C2C(=O)C(C)=CC3=O)cc(OC)c1O. The molecule has 9 nitrogen and oxygen atoms in total. The number of benzene rings is 2. The minimum absolute atomic E-state index is 0.127. The summed E-state index contributed by atoms with van der Waals surface area (Å²) in [6.07, 6.45) is 5.43. The van der Waals surface area contributed by atoms with Crippen LogP contribution in [0.5, 0.6) is 17.2 Å². The van der Waals surface area contributed by atoms with E-state index in [-0.39, 0.29) is 53.1 Å². The largest absolute Gasteiger partial charge is 0.502 e. The van der Waals surface area contributed by atoms with Crippen LogP contribution >= 0.6 is 0 Å². The Balaban J connectivity index is 1.21. The Morgan fingerprint density at radius 3 is 2.24 bits per heavy atom. The van der Waals surface area contributed by atoms with Crippen LogP contribution in [0, 0.1) is 17.8 Å². The molecule has 2 saturated heterocycles. The number of hydrogen-bond acceptors (Lipinski definition) is 8. The highest BCUT2D eigenvalue weighted by molar-refractivity contribution is 6.23. The van der Waals surface area contributed by atoms with Crippen molar-refractivity contribution in [3.05, 3.63) is 88.0 Å². The number of allylic oxidation sites excluding steroid dienone is 6. The average Bonchev–Trinajstić information content (AvgIpc) is 3.33. The molecule has 1 N–H and O–H groups in total. The highest BCUT2D eigenvalue weighted by atomic mass is 16.5. The third-order valence-corrected chi connectivity index (χ3v) is 10.6. The standard InChI is InChI=1S/C37H38N2O7/c1-20-15-28(40)27-18-26-24(31(33(27)34(20)41)22-16-29(45-2)35(42)30(17-22)46-3)9-10-25-32(26)37(44)39(36(25)43)23-11-13-38(14-12-23)19-21-7-5-4-6-8-21/h4-9,15-17,23,25-26,31-32,42H,10-14,18-19H2,1-3H3/t25-,26+,31-,32-/m0/s1. The van der Waals surface area contributed by atoms with Gasteiger partial charge >= 0.3 is 0 Å². The normalized spacial score (nSPS) is 26.8. The molecule has 7 rings (SSSR count). The Hall–Kier alpha value is -4.50. The zero-order chi connectivity index (χ0) is 32.3. The highest BCUT2D eigenvalue weighted by Gasteiger charge is 2.57. The van der Waals surface area contributed by atoms with E-state index in [1.54, 1.807) is 19.1 Å². The summed E-state index contributed by atoms with van der Waals surface area (Å²) in [7, 11) is 2.87. The molecule has 9 heteroatoms. The first kappa shape index (κ1) is 30.2. The number of phenolic OH excluding ortho intramolecular Hbond substituents is 1. The van der Waals surface area contributed by atoms with Crippen molar-refractivity contribution in [2.45, 2.75) is 51.1 Å². The van der Waals surface area contributed by atoms with Gasteiger partial charge in [0.1, 0.15) is 0 Å². The molecule has 2 fully saturated rings. The van der Waals surface area contributed by atoms with Crippen molar-refractivity contribution in [1.82, 2.24) is 9.80 Å². The lowest BCUT2D eigenvalue weighted by Crippen LogP contribution is -2.47. The monoisotopic (exact) mass is 622 g/mol. The van der Waals surface area contributed by atoms with Gasteiger partial charge in [0.05, 0.1) is 26.1 Å². The number of carbonyl (C=O) groups excluding carboxylic acids is 4. The van der Waals surface area contributed by atoms with Crippen molar-refractivity contribution in [3.63, 3.8) is 0 Å². The van der Waals surface area contributed by atoms with E-state index in [0.29, 0.717) is 28.7 Å². The van der Waals surface area contributed by atoms with Crippen molar-refractivity contribution in [3.8, 4) is 17.2 Å². The first-order chi connectivity index (χ1) is 22.2. The summed E-state index contributed by atoms with van der Waals surface area (Å²) >= 11 is 0. The number of amides is 2. The maximum atomic E-state index is 14.3. The summed E-state index contributed by atoms with van der Waals surface area (Å²) in [6, 6.07) is 13.4. The number of carbonyl (C=O) groups is 4. The Bertz CT molecular complexity index is 1710. The van der Waals surface area contributed by atoms with E-state index >= 15 is 0 Å². The number of nitrogens with zero attached hydrogens (tertiary/aromatic N) is 2. The average molecular weight is 623 g/mol. The third kappa shape index (κ3) is 4.80. The van der Waals surface area contributed by atoms with Gasteiger partial charge < -0.3 is 14.6 Å². The van der Waals surface area contributed by atoms with E-state index < -0.39 is 23.7 Å². The number of fused-ring (bicyclic) bond motifs is 3. The molecule has 2 amide bonds. The smallest absolute Gasteiger partial charge is 0.233 e. The molecule has 2 aromatic rings. The second kappa shape index (κ2) is 11.7. The van der Waals surface area contributed by atoms with Gasteiger partial charge in [-0.1, -0.05) is 42.0 Å². The van der Waals surface area contributed by atoms with Crippen molar-refractivity contribution >= 4 is 23.4 Å². The fourth-order valence-electron chi connectivity index (χ4n) is 8.38. The number of ketones is 2. The van der Waals surface area contributed by atoms with E-state index in [4.69, 9.17) is 9.47 Å². The lowest BCUT2D eigenvalue weighted by Gasteiger charge is -2.42.